The molecule has 112 valence electrons. The van der Waals surface area contributed by atoms with Crippen LogP contribution in [0, 0.1) is 5.92 Å². The zero-order valence-electron chi connectivity index (χ0n) is 12.1. The molecule has 5 heteroatoms. The van der Waals surface area contributed by atoms with Crippen LogP contribution in [-0.2, 0) is 9.59 Å². The third kappa shape index (κ3) is 3.32. The second-order valence-electron chi connectivity index (χ2n) is 6.38. The molecule has 0 unspecified atom stereocenters. The average Bonchev–Trinajstić information content (AvgIpc) is 3.33. The van der Waals surface area contributed by atoms with Crippen LogP contribution in [-0.4, -0.2) is 48.4 Å². The van der Waals surface area contributed by atoms with Gasteiger partial charge in [-0.25, -0.2) is 0 Å². The topological polar surface area (TPSA) is 61.4 Å². The van der Waals surface area contributed by atoms with E-state index in [0.717, 1.165) is 58.2 Å². The Balaban J connectivity index is 1.42. The minimum atomic E-state index is 0.0290. The van der Waals surface area contributed by atoms with E-state index in [1.165, 1.54) is 6.42 Å². The van der Waals surface area contributed by atoms with Crippen molar-refractivity contribution in [2.75, 3.05) is 19.6 Å². The number of hydrogen-bond acceptors (Lipinski definition) is 3. The van der Waals surface area contributed by atoms with Gasteiger partial charge < -0.3 is 15.5 Å². The van der Waals surface area contributed by atoms with Crippen LogP contribution in [0.5, 0.6) is 0 Å². The number of carbonyl (C=O) groups excluding carboxylic acids is 2. The van der Waals surface area contributed by atoms with Crippen LogP contribution in [0.25, 0.3) is 0 Å². The van der Waals surface area contributed by atoms with E-state index in [0.29, 0.717) is 0 Å². The van der Waals surface area contributed by atoms with Crippen molar-refractivity contribution in [1.29, 1.82) is 0 Å². The van der Waals surface area contributed by atoms with Gasteiger partial charge in [0, 0.05) is 25.0 Å². The number of carbonyl (C=O) groups is 2. The number of hydrogen-bond donors (Lipinski definition) is 2. The molecule has 1 aliphatic carbocycles. The van der Waals surface area contributed by atoms with Gasteiger partial charge in [0.25, 0.3) is 0 Å². The van der Waals surface area contributed by atoms with Gasteiger partial charge in [-0.3, -0.25) is 9.59 Å². The van der Waals surface area contributed by atoms with E-state index in [-0.39, 0.29) is 29.8 Å². The summed E-state index contributed by atoms with van der Waals surface area (Å²) in [7, 11) is 0. The lowest BCUT2D eigenvalue weighted by molar-refractivity contribution is -0.135. The van der Waals surface area contributed by atoms with Crippen LogP contribution in [0.3, 0.4) is 0 Å². The molecule has 0 aromatic carbocycles. The van der Waals surface area contributed by atoms with Crippen molar-refractivity contribution in [2.24, 2.45) is 5.92 Å². The third-order valence-electron chi connectivity index (χ3n) is 4.71. The number of amides is 2. The molecule has 0 spiro atoms. The van der Waals surface area contributed by atoms with Gasteiger partial charge in [0.05, 0.1) is 6.04 Å². The van der Waals surface area contributed by atoms with Crippen molar-refractivity contribution in [3.05, 3.63) is 0 Å². The summed E-state index contributed by atoms with van der Waals surface area (Å²) in [5.41, 5.74) is 0. The van der Waals surface area contributed by atoms with Gasteiger partial charge in [0.1, 0.15) is 0 Å². The first kappa shape index (κ1) is 13.9. The lowest BCUT2D eigenvalue weighted by Gasteiger charge is -2.35. The number of likely N-dealkylation sites (tertiary alicyclic amines) is 1. The van der Waals surface area contributed by atoms with Crippen molar-refractivity contribution in [2.45, 2.75) is 57.0 Å². The monoisotopic (exact) mass is 279 g/mol. The summed E-state index contributed by atoms with van der Waals surface area (Å²) in [6.07, 6.45) is 7.20. The van der Waals surface area contributed by atoms with Crippen LogP contribution in [0.2, 0.25) is 0 Å². The predicted molar refractivity (Wildman–Crippen MR) is 76.1 cm³/mol. The zero-order chi connectivity index (χ0) is 13.9. The van der Waals surface area contributed by atoms with Crippen molar-refractivity contribution in [3.63, 3.8) is 0 Å². The lowest BCUT2D eigenvalue weighted by Crippen LogP contribution is -2.53. The maximum absolute atomic E-state index is 12.4. The second kappa shape index (κ2) is 6.12. The summed E-state index contributed by atoms with van der Waals surface area (Å²) in [4.78, 5) is 26.1. The Morgan fingerprint density at radius 3 is 2.35 bits per heavy atom. The normalized spacial score (nSPS) is 28.2. The van der Waals surface area contributed by atoms with E-state index >= 15 is 0 Å². The average molecular weight is 279 g/mol. The predicted octanol–water partition coefficient (Wildman–Crippen LogP) is 0.646. The summed E-state index contributed by atoms with van der Waals surface area (Å²) < 4.78 is 0. The SMILES string of the molecule is O=C(NC1CCN(C(=O)[C@@H]2CCCCN2)CC1)C1CC1. The summed E-state index contributed by atoms with van der Waals surface area (Å²) >= 11 is 0. The molecule has 2 amide bonds. The maximum atomic E-state index is 12.4. The smallest absolute Gasteiger partial charge is 0.239 e. The van der Waals surface area contributed by atoms with Gasteiger partial charge in [0.15, 0.2) is 0 Å². The molecular formula is C15H25N3O2. The van der Waals surface area contributed by atoms with Gasteiger partial charge in [-0.05, 0) is 45.1 Å². The summed E-state index contributed by atoms with van der Waals surface area (Å²) in [6.45, 7) is 2.53. The van der Waals surface area contributed by atoms with E-state index in [9.17, 15) is 9.59 Å². The van der Waals surface area contributed by atoms with Crippen molar-refractivity contribution in [1.82, 2.24) is 15.5 Å². The Bertz CT molecular complexity index is 367. The molecule has 2 aliphatic heterocycles. The highest BCUT2D eigenvalue weighted by molar-refractivity contribution is 5.82. The number of nitrogens with zero attached hydrogens (tertiary/aromatic N) is 1. The van der Waals surface area contributed by atoms with E-state index < -0.39 is 0 Å². The fourth-order valence-electron chi connectivity index (χ4n) is 3.19. The van der Waals surface area contributed by atoms with Gasteiger partial charge in [-0.1, -0.05) is 6.42 Å². The Hall–Kier alpha value is -1.10. The van der Waals surface area contributed by atoms with Gasteiger partial charge in [-0.2, -0.15) is 0 Å². The highest BCUT2D eigenvalue weighted by atomic mass is 16.2. The highest BCUT2D eigenvalue weighted by Crippen LogP contribution is 2.29. The van der Waals surface area contributed by atoms with Crippen LogP contribution in [0.4, 0.5) is 0 Å². The number of nitrogens with one attached hydrogen (secondary N) is 2. The molecule has 3 rings (SSSR count). The largest absolute Gasteiger partial charge is 0.353 e. The lowest BCUT2D eigenvalue weighted by atomic mass is 10.0. The summed E-state index contributed by atoms with van der Waals surface area (Å²) in [5.74, 6) is 0.765. The van der Waals surface area contributed by atoms with Crippen LogP contribution in [0.15, 0.2) is 0 Å². The van der Waals surface area contributed by atoms with E-state index in [4.69, 9.17) is 0 Å². The molecule has 1 atom stereocenters. The Morgan fingerprint density at radius 2 is 1.75 bits per heavy atom. The molecule has 0 bridgehead atoms. The zero-order valence-corrected chi connectivity index (χ0v) is 12.1. The van der Waals surface area contributed by atoms with Crippen LogP contribution >= 0.6 is 0 Å². The standard InChI is InChI=1S/C15H25N3O2/c19-14(11-4-5-11)17-12-6-9-18(10-7-12)15(20)13-3-1-2-8-16-13/h11-13,16H,1-10H2,(H,17,19)/t13-/m0/s1. The number of piperidine rings is 2. The highest BCUT2D eigenvalue weighted by Gasteiger charge is 2.33. The molecular weight excluding hydrogens is 254 g/mol. The molecule has 2 N–H and O–H groups in total. The van der Waals surface area contributed by atoms with Crippen molar-refractivity contribution >= 4 is 11.8 Å². The van der Waals surface area contributed by atoms with E-state index in [1.54, 1.807) is 0 Å². The van der Waals surface area contributed by atoms with E-state index in [1.807, 2.05) is 4.90 Å². The Labute approximate surface area is 120 Å². The molecule has 3 aliphatic rings. The summed E-state index contributed by atoms with van der Waals surface area (Å²) in [5, 5.41) is 6.45. The molecule has 3 fully saturated rings. The van der Waals surface area contributed by atoms with E-state index in [2.05, 4.69) is 10.6 Å². The maximum Gasteiger partial charge on any atom is 0.239 e. The fraction of sp³-hybridized carbons (Fsp3) is 0.867. The molecule has 20 heavy (non-hydrogen) atoms. The molecule has 2 heterocycles. The second-order valence-corrected chi connectivity index (χ2v) is 6.38. The fourth-order valence-corrected chi connectivity index (χ4v) is 3.19. The Kier molecular flexibility index (Phi) is 4.24. The molecule has 0 aromatic rings. The molecule has 5 nitrogen and oxygen atoms in total. The minimum absolute atomic E-state index is 0.0290. The molecule has 0 radical (unpaired) electrons. The first-order chi connectivity index (χ1) is 9.74. The van der Waals surface area contributed by atoms with Gasteiger partial charge in [0.2, 0.25) is 11.8 Å². The molecule has 2 saturated heterocycles. The van der Waals surface area contributed by atoms with Crippen molar-refractivity contribution in [3.8, 4) is 0 Å². The van der Waals surface area contributed by atoms with Crippen LogP contribution in [0.1, 0.15) is 44.9 Å². The van der Waals surface area contributed by atoms with Gasteiger partial charge in [-0.15, -0.1) is 0 Å². The molecule has 1 saturated carbocycles. The third-order valence-corrected chi connectivity index (χ3v) is 4.71. The summed E-state index contributed by atoms with van der Waals surface area (Å²) in [6, 6.07) is 0.299. The Morgan fingerprint density at radius 1 is 1.00 bits per heavy atom. The first-order valence-electron chi connectivity index (χ1n) is 8.06. The number of rotatable bonds is 3. The minimum Gasteiger partial charge on any atom is -0.353 e. The quantitative estimate of drug-likeness (QED) is 0.797. The first-order valence-corrected chi connectivity index (χ1v) is 8.06. The van der Waals surface area contributed by atoms with Crippen LogP contribution < -0.4 is 10.6 Å². The molecule has 0 aromatic heterocycles. The van der Waals surface area contributed by atoms with Gasteiger partial charge >= 0.3 is 0 Å². The van der Waals surface area contributed by atoms with Crippen molar-refractivity contribution < 1.29 is 9.59 Å².